The van der Waals surface area contributed by atoms with Crippen molar-refractivity contribution in [3.05, 3.63) is 40.9 Å². The Morgan fingerprint density at radius 1 is 1.31 bits per heavy atom. The fourth-order valence-electron chi connectivity index (χ4n) is 4.18. The summed E-state index contributed by atoms with van der Waals surface area (Å²) < 4.78 is 40.9. The Bertz CT molecular complexity index is 1590. The minimum absolute atomic E-state index is 0.0576. The molecule has 3 heterocycles. The molecule has 3 atom stereocenters. The van der Waals surface area contributed by atoms with Gasteiger partial charge < -0.3 is 42.1 Å². The lowest BCUT2D eigenvalue weighted by molar-refractivity contribution is -0.218. The van der Waals surface area contributed by atoms with Crippen LogP contribution in [0.25, 0.3) is 0 Å². The number of aromatic nitrogens is 1. The van der Waals surface area contributed by atoms with E-state index in [9.17, 15) is 27.9 Å². The number of benzene rings is 1. The molecule has 1 aromatic heterocycles. The van der Waals surface area contributed by atoms with Gasteiger partial charge in [0.15, 0.2) is 16.8 Å². The highest BCUT2D eigenvalue weighted by Crippen LogP contribution is 2.33. The van der Waals surface area contributed by atoms with Crippen LogP contribution in [0.3, 0.4) is 0 Å². The van der Waals surface area contributed by atoms with E-state index in [1.807, 2.05) is 0 Å². The van der Waals surface area contributed by atoms with Crippen molar-refractivity contribution in [3.63, 3.8) is 0 Å². The fourth-order valence-corrected chi connectivity index (χ4v) is 5.18. The van der Waals surface area contributed by atoms with Crippen LogP contribution in [-0.2, 0) is 33.9 Å². The van der Waals surface area contributed by atoms with Gasteiger partial charge in [0.25, 0.3) is 17.9 Å². The van der Waals surface area contributed by atoms with Crippen molar-refractivity contribution < 1.29 is 46.3 Å². The average Bonchev–Trinajstić information content (AvgIpc) is 3.64. The van der Waals surface area contributed by atoms with E-state index < -0.39 is 58.2 Å². The number of nitrogen functional groups attached to an aromatic ring is 1. The van der Waals surface area contributed by atoms with Gasteiger partial charge in [0.05, 0.1) is 18.1 Å². The van der Waals surface area contributed by atoms with E-state index in [0.717, 1.165) is 16.9 Å². The Morgan fingerprint density at radius 2 is 2.02 bits per heavy atom. The first kappa shape index (κ1) is 33.3. The maximum Gasteiger partial charge on any atom is 0.418 e. The second kappa shape index (κ2) is 13.6. The Morgan fingerprint density at radius 3 is 2.60 bits per heavy atom. The van der Waals surface area contributed by atoms with Gasteiger partial charge in [-0.3, -0.25) is 19.1 Å². The zero-order valence-electron chi connectivity index (χ0n) is 23.9. The SMILES string of the molecule is CC1(C)C(NC(=O)C(=NO[C@@H](COc2ccc(C3CN=C(NCCN)N3)cc2)C(=O)O)c2csc(N)n2)C(=O)N1OS(=O)(=O)O. The highest BCUT2D eigenvalue weighted by Gasteiger charge is 2.58. The van der Waals surface area contributed by atoms with Gasteiger partial charge in [-0.05, 0) is 31.5 Å². The number of thiazole rings is 1. The number of aliphatic carboxylic acids is 1. The van der Waals surface area contributed by atoms with Gasteiger partial charge in [-0.15, -0.1) is 15.6 Å². The van der Waals surface area contributed by atoms with Crippen molar-refractivity contribution in [2.75, 3.05) is 32.0 Å². The third kappa shape index (κ3) is 8.13. The number of nitrogens with zero attached hydrogens (tertiary/aromatic N) is 4. The number of rotatable bonds is 14. The first-order valence-corrected chi connectivity index (χ1v) is 15.4. The maximum absolute atomic E-state index is 13.2. The quantitative estimate of drug-likeness (QED) is 0.0514. The van der Waals surface area contributed by atoms with Crippen LogP contribution in [0.2, 0.25) is 0 Å². The molecule has 2 aliphatic rings. The molecule has 45 heavy (non-hydrogen) atoms. The van der Waals surface area contributed by atoms with Crippen LogP contribution in [0.4, 0.5) is 5.13 Å². The molecule has 4 rings (SSSR count). The second-order valence-corrected chi connectivity index (χ2v) is 12.0. The molecule has 2 aliphatic heterocycles. The Balaban J connectivity index is 1.41. The summed E-state index contributed by atoms with van der Waals surface area (Å²) in [6, 6.07) is 5.50. The van der Waals surface area contributed by atoms with Crippen molar-refractivity contribution in [2.24, 2.45) is 15.9 Å². The summed E-state index contributed by atoms with van der Waals surface area (Å²) in [5.41, 5.74) is 10.1. The molecule has 0 aliphatic carbocycles. The first-order chi connectivity index (χ1) is 21.2. The topological polar surface area (TPSA) is 282 Å². The molecule has 0 spiro atoms. The zero-order valence-corrected chi connectivity index (χ0v) is 25.5. The fraction of sp³-hybridized carbons (Fsp3) is 0.417. The van der Waals surface area contributed by atoms with Crippen molar-refractivity contribution in [1.82, 2.24) is 26.0 Å². The number of amides is 2. The molecule has 0 radical (unpaired) electrons. The lowest BCUT2D eigenvalue weighted by atomic mass is 9.84. The number of aliphatic imine (C=N–C) groups is 1. The number of carboxylic acid groups (broad SMARTS) is 1. The number of anilines is 1. The molecule has 1 saturated heterocycles. The van der Waals surface area contributed by atoms with Crippen LogP contribution in [0.15, 0.2) is 39.8 Å². The van der Waals surface area contributed by atoms with Crippen LogP contribution < -0.4 is 32.2 Å². The number of hydrogen-bond donors (Lipinski definition) is 7. The predicted molar refractivity (Wildman–Crippen MR) is 158 cm³/mol. The number of guanidine groups is 1. The largest absolute Gasteiger partial charge is 0.489 e. The van der Waals surface area contributed by atoms with Gasteiger partial charge in [0, 0.05) is 18.5 Å². The number of carboxylic acids is 1. The Labute approximate surface area is 260 Å². The molecular weight excluding hydrogens is 638 g/mol. The number of carbonyl (C=O) groups excluding carboxylic acids is 2. The van der Waals surface area contributed by atoms with E-state index in [1.54, 1.807) is 24.3 Å². The van der Waals surface area contributed by atoms with Crippen molar-refractivity contribution >= 4 is 56.3 Å². The van der Waals surface area contributed by atoms with E-state index in [1.165, 1.54) is 19.2 Å². The summed E-state index contributed by atoms with van der Waals surface area (Å²) in [5, 5.41) is 23.9. The molecular formula is C24H31N9O10S2. The summed E-state index contributed by atoms with van der Waals surface area (Å²) in [6.07, 6.45) is -1.68. The monoisotopic (exact) mass is 669 g/mol. The summed E-state index contributed by atoms with van der Waals surface area (Å²) in [7, 11) is -5.01. The summed E-state index contributed by atoms with van der Waals surface area (Å²) in [6.45, 7) is 3.79. The Kier molecular flexibility index (Phi) is 10.1. The van der Waals surface area contributed by atoms with Crippen molar-refractivity contribution in [3.8, 4) is 5.75 Å². The smallest absolute Gasteiger partial charge is 0.418 e. The third-order valence-corrected chi connectivity index (χ3v) is 7.52. The van der Waals surface area contributed by atoms with Gasteiger partial charge in [0.2, 0.25) is 0 Å². The van der Waals surface area contributed by atoms with Crippen molar-refractivity contribution in [1.29, 1.82) is 0 Å². The highest BCUT2D eigenvalue weighted by atomic mass is 32.3. The van der Waals surface area contributed by atoms with E-state index >= 15 is 0 Å². The van der Waals surface area contributed by atoms with Crippen LogP contribution in [-0.4, -0.2) is 102 Å². The van der Waals surface area contributed by atoms with Gasteiger partial charge in [-0.25, -0.2) is 9.78 Å². The normalized spacial score (nSPS) is 20.0. The van der Waals surface area contributed by atoms with E-state index in [4.69, 9.17) is 25.6 Å². The van der Waals surface area contributed by atoms with Crippen molar-refractivity contribution in [2.45, 2.75) is 37.6 Å². The molecule has 21 heteroatoms. The number of oxime groups is 1. The van der Waals surface area contributed by atoms with E-state index in [0.29, 0.717) is 36.4 Å². The van der Waals surface area contributed by atoms with E-state index in [-0.39, 0.29) is 16.9 Å². The Hall–Kier alpha value is -4.57. The second-order valence-electron chi connectivity index (χ2n) is 10.1. The van der Waals surface area contributed by atoms with Gasteiger partial charge in [-0.1, -0.05) is 17.3 Å². The predicted octanol–water partition coefficient (Wildman–Crippen LogP) is -1.63. The number of carbonyl (C=O) groups is 3. The zero-order chi connectivity index (χ0) is 32.9. The van der Waals surface area contributed by atoms with Crippen LogP contribution in [0.5, 0.6) is 5.75 Å². The number of β-lactam (4-membered cyclic amide) rings is 1. The summed E-state index contributed by atoms with van der Waals surface area (Å²) in [4.78, 5) is 51.1. The number of nitrogens with two attached hydrogens (primary N) is 2. The lowest BCUT2D eigenvalue weighted by Crippen LogP contribution is -2.76. The average molecular weight is 670 g/mol. The molecule has 0 saturated carbocycles. The molecule has 2 unspecified atom stereocenters. The molecule has 1 aromatic carbocycles. The van der Waals surface area contributed by atoms with Gasteiger partial charge >= 0.3 is 16.4 Å². The molecule has 2 amide bonds. The molecule has 244 valence electrons. The summed E-state index contributed by atoms with van der Waals surface area (Å²) >= 11 is 0.957. The number of hydrogen-bond acceptors (Lipinski definition) is 16. The van der Waals surface area contributed by atoms with Crippen LogP contribution in [0, 0.1) is 0 Å². The minimum Gasteiger partial charge on any atom is -0.489 e. The molecule has 0 bridgehead atoms. The number of nitrogens with one attached hydrogen (secondary N) is 3. The van der Waals surface area contributed by atoms with E-state index in [2.05, 4.69) is 35.4 Å². The first-order valence-electron chi connectivity index (χ1n) is 13.2. The van der Waals surface area contributed by atoms with Crippen LogP contribution in [0.1, 0.15) is 31.1 Å². The van der Waals surface area contributed by atoms with Gasteiger partial charge in [0.1, 0.15) is 24.1 Å². The summed E-state index contributed by atoms with van der Waals surface area (Å²) in [5.74, 6) is -2.48. The molecule has 19 nitrogen and oxygen atoms in total. The third-order valence-electron chi connectivity index (χ3n) is 6.51. The molecule has 2 aromatic rings. The maximum atomic E-state index is 13.2. The van der Waals surface area contributed by atoms with Crippen LogP contribution >= 0.6 is 11.3 Å². The molecule has 1 fully saturated rings. The van der Waals surface area contributed by atoms with Gasteiger partial charge in [-0.2, -0.15) is 13.5 Å². The molecule has 9 N–H and O–H groups in total. The number of hydroxylamine groups is 2. The highest BCUT2D eigenvalue weighted by molar-refractivity contribution is 7.80. The number of ether oxygens (including phenoxy) is 1. The standard InChI is InChI=1S/C24H31N9O10S2/c1-24(2)18(20(35)33(24)43-45(38,39)40)31-19(34)17(15-11-44-22(26)29-15)32-42-16(21(36)37)10-41-13-5-3-12(4-6-13)14-9-28-23(30-14)27-8-7-25/h3-6,11,14,16,18H,7-10,25H2,1-2H3,(H2,26,29)(H,31,34)(H,36,37)(H2,27,28,30)(H,38,39,40)/t14?,16-,18?/m0/s1. The lowest BCUT2D eigenvalue weighted by Gasteiger charge is -2.50. The minimum atomic E-state index is -5.01.